The Morgan fingerprint density at radius 1 is 1.00 bits per heavy atom. The van der Waals surface area contributed by atoms with Gasteiger partial charge in [0.2, 0.25) is 5.91 Å². The summed E-state index contributed by atoms with van der Waals surface area (Å²) < 4.78 is 0. The number of carbonyl (C=O) groups excluding carboxylic acids is 2. The molecule has 1 aromatic carbocycles. The molecular weight excluding hydrogens is 230 g/mol. The molecule has 1 aromatic rings. The van der Waals surface area contributed by atoms with Gasteiger partial charge in [-0.1, -0.05) is 0 Å². The molecule has 0 atom stereocenters. The zero-order valence-corrected chi connectivity index (χ0v) is 8.34. The largest absolute Gasteiger partial charge is 0.478 e. The van der Waals surface area contributed by atoms with Crippen LogP contribution in [0.2, 0.25) is 0 Å². The van der Waals surface area contributed by atoms with Crippen molar-refractivity contribution in [1.29, 1.82) is 0 Å². The number of carbonyl (C=O) groups is 4. The zero-order chi connectivity index (χ0) is 13.2. The highest BCUT2D eigenvalue weighted by atomic mass is 16.4. The van der Waals surface area contributed by atoms with Crippen LogP contribution < -0.4 is 5.73 Å². The first kappa shape index (κ1) is 12.4. The summed E-state index contributed by atoms with van der Waals surface area (Å²) in [6.45, 7) is 0. The van der Waals surface area contributed by atoms with Crippen LogP contribution in [0.25, 0.3) is 0 Å². The van der Waals surface area contributed by atoms with Gasteiger partial charge in [0.05, 0.1) is 16.7 Å². The molecule has 0 radical (unpaired) electrons. The van der Waals surface area contributed by atoms with Gasteiger partial charge in [-0.2, -0.15) is 0 Å². The van der Waals surface area contributed by atoms with E-state index in [4.69, 9.17) is 15.9 Å². The van der Waals surface area contributed by atoms with Crippen LogP contribution in [0.5, 0.6) is 0 Å². The Balaban J connectivity index is 3.65. The van der Waals surface area contributed by atoms with Gasteiger partial charge in [0.1, 0.15) is 0 Å². The minimum Gasteiger partial charge on any atom is -0.478 e. The van der Waals surface area contributed by atoms with E-state index in [9.17, 15) is 19.2 Å². The molecule has 0 unspecified atom stereocenters. The van der Waals surface area contributed by atoms with Gasteiger partial charge >= 0.3 is 11.9 Å². The van der Waals surface area contributed by atoms with Crippen molar-refractivity contribution < 1.29 is 29.4 Å². The summed E-state index contributed by atoms with van der Waals surface area (Å²) in [6.07, 6.45) is 0.210. The highest BCUT2D eigenvalue weighted by Gasteiger charge is 2.20. The Kier molecular flexibility index (Phi) is 3.23. The van der Waals surface area contributed by atoms with Crippen LogP contribution in [0.4, 0.5) is 0 Å². The molecule has 7 nitrogen and oxygen atoms in total. The van der Waals surface area contributed by atoms with Crippen LogP contribution in [0.3, 0.4) is 0 Å². The summed E-state index contributed by atoms with van der Waals surface area (Å²) in [4.78, 5) is 43.2. The summed E-state index contributed by atoms with van der Waals surface area (Å²) in [5, 5.41) is 17.6. The number of carboxylic acids is 2. The molecule has 0 saturated heterocycles. The maximum Gasteiger partial charge on any atom is 0.336 e. The van der Waals surface area contributed by atoms with E-state index in [1.54, 1.807) is 0 Å². The van der Waals surface area contributed by atoms with Crippen molar-refractivity contribution in [3.05, 3.63) is 34.4 Å². The topological polar surface area (TPSA) is 135 Å². The van der Waals surface area contributed by atoms with Crippen molar-refractivity contribution in [3.8, 4) is 0 Å². The maximum absolute atomic E-state index is 11.0. The standard InChI is InChI=1S/C10H7NO6/c11-8(13)6-1-4(3-12)5(9(14)15)2-7(6)10(16)17/h1-3H,(H2,11,13)(H,14,15)(H,16,17). The first-order chi connectivity index (χ1) is 7.88. The molecule has 1 amide bonds. The molecule has 0 bridgehead atoms. The Hall–Kier alpha value is -2.70. The second-order valence-corrected chi connectivity index (χ2v) is 3.08. The molecular formula is C10H7NO6. The number of aldehydes is 1. The number of carboxylic acid groups (broad SMARTS) is 2. The number of rotatable bonds is 4. The fourth-order valence-corrected chi connectivity index (χ4v) is 1.28. The minimum atomic E-state index is -1.50. The number of hydrogen-bond donors (Lipinski definition) is 3. The summed E-state index contributed by atoms with van der Waals surface area (Å²) in [6, 6.07) is 1.58. The molecule has 0 fully saturated rings. The number of nitrogens with two attached hydrogens (primary N) is 1. The Labute approximate surface area is 94.5 Å². The zero-order valence-electron chi connectivity index (χ0n) is 8.34. The van der Waals surface area contributed by atoms with Crippen molar-refractivity contribution in [2.75, 3.05) is 0 Å². The van der Waals surface area contributed by atoms with E-state index in [2.05, 4.69) is 0 Å². The lowest BCUT2D eigenvalue weighted by Gasteiger charge is -2.06. The fraction of sp³-hybridized carbons (Fsp3) is 0. The van der Waals surface area contributed by atoms with Gasteiger partial charge in [-0.25, -0.2) is 9.59 Å². The lowest BCUT2D eigenvalue weighted by Crippen LogP contribution is -2.18. The second-order valence-electron chi connectivity index (χ2n) is 3.08. The molecule has 1 rings (SSSR count). The SMILES string of the molecule is NC(=O)c1cc(C=O)c(C(=O)O)cc1C(=O)O. The summed E-state index contributed by atoms with van der Waals surface area (Å²) in [5.74, 6) is -4.02. The highest BCUT2D eigenvalue weighted by molar-refractivity contribution is 6.08. The van der Waals surface area contributed by atoms with Crippen molar-refractivity contribution in [2.24, 2.45) is 5.73 Å². The van der Waals surface area contributed by atoms with Gasteiger partial charge in [-0.05, 0) is 12.1 Å². The second kappa shape index (κ2) is 4.44. The van der Waals surface area contributed by atoms with E-state index >= 15 is 0 Å². The monoisotopic (exact) mass is 237 g/mol. The van der Waals surface area contributed by atoms with E-state index in [0.717, 1.165) is 12.1 Å². The predicted molar refractivity (Wildman–Crippen MR) is 54.3 cm³/mol. The molecule has 0 heterocycles. The van der Waals surface area contributed by atoms with E-state index < -0.39 is 34.5 Å². The minimum absolute atomic E-state index is 0.210. The van der Waals surface area contributed by atoms with Gasteiger partial charge in [0.15, 0.2) is 6.29 Å². The predicted octanol–water partition coefficient (Wildman–Crippen LogP) is -0.00560. The molecule has 0 saturated carbocycles. The smallest absolute Gasteiger partial charge is 0.336 e. The Morgan fingerprint density at radius 3 is 1.88 bits per heavy atom. The number of hydrogen-bond acceptors (Lipinski definition) is 4. The summed E-state index contributed by atoms with van der Waals surface area (Å²) in [5.41, 5.74) is 3.16. The van der Waals surface area contributed by atoms with E-state index in [-0.39, 0.29) is 11.8 Å². The van der Waals surface area contributed by atoms with Crippen molar-refractivity contribution in [1.82, 2.24) is 0 Å². The molecule has 0 aliphatic heterocycles. The van der Waals surface area contributed by atoms with Crippen LogP contribution in [-0.2, 0) is 0 Å². The van der Waals surface area contributed by atoms with Gasteiger partial charge in [0.25, 0.3) is 0 Å². The number of aromatic carboxylic acids is 2. The highest BCUT2D eigenvalue weighted by Crippen LogP contribution is 2.16. The molecule has 0 aliphatic carbocycles. The van der Waals surface area contributed by atoms with E-state index in [1.165, 1.54) is 0 Å². The number of primary amides is 1. The van der Waals surface area contributed by atoms with E-state index in [1.807, 2.05) is 0 Å². The van der Waals surface area contributed by atoms with Crippen molar-refractivity contribution in [2.45, 2.75) is 0 Å². The summed E-state index contributed by atoms with van der Waals surface area (Å²) in [7, 11) is 0. The van der Waals surface area contributed by atoms with Crippen molar-refractivity contribution >= 4 is 24.1 Å². The van der Waals surface area contributed by atoms with Crippen LogP contribution in [-0.4, -0.2) is 34.3 Å². The fourth-order valence-electron chi connectivity index (χ4n) is 1.28. The lowest BCUT2D eigenvalue weighted by atomic mass is 9.98. The van der Waals surface area contributed by atoms with Gasteiger partial charge < -0.3 is 15.9 Å². The van der Waals surface area contributed by atoms with Gasteiger partial charge in [0, 0.05) is 5.56 Å². The average Bonchev–Trinajstić information content (AvgIpc) is 2.26. The summed E-state index contributed by atoms with van der Waals surface area (Å²) >= 11 is 0. The molecule has 0 aliphatic rings. The Bertz CT molecular complexity index is 534. The normalized spacial score (nSPS) is 9.65. The molecule has 7 heteroatoms. The third-order valence-electron chi connectivity index (χ3n) is 2.04. The van der Waals surface area contributed by atoms with Crippen LogP contribution >= 0.6 is 0 Å². The quantitative estimate of drug-likeness (QED) is 0.630. The molecule has 0 spiro atoms. The Morgan fingerprint density at radius 2 is 1.53 bits per heavy atom. The number of amides is 1. The average molecular weight is 237 g/mol. The molecule has 17 heavy (non-hydrogen) atoms. The molecule has 88 valence electrons. The van der Waals surface area contributed by atoms with Gasteiger partial charge in [-0.3, -0.25) is 9.59 Å². The first-order valence-electron chi connectivity index (χ1n) is 4.28. The van der Waals surface area contributed by atoms with Gasteiger partial charge in [-0.15, -0.1) is 0 Å². The lowest BCUT2D eigenvalue weighted by molar-refractivity contribution is 0.0690. The third-order valence-corrected chi connectivity index (χ3v) is 2.04. The third kappa shape index (κ3) is 2.28. The van der Waals surface area contributed by atoms with Crippen LogP contribution in [0.15, 0.2) is 12.1 Å². The van der Waals surface area contributed by atoms with Crippen LogP contribution in [0, 0.1) is 0 Å². The maximum atomic E-state index is 11.0. The van der Waals surface area contributed by atoms with Crippen LogP contribution in [0.1, 0.15) is 41.4 Å². The number of benzene rings is 1. The first-order valence-corrected chi connectivity index (χ1v) is 4.28. The van der Waals surface area contributed by atoms with Crippen molar-refractivity contribution in [3.63, 3.8) is 0 Å². The van der Waals surface area contributed by atoms with E-state index in [0.29, 0.717) is 0 Å². The molecule has 0 aromatic heterocycles. The molecule has 4 N–H and O–H groups in total.